The molecular formula is C16H22F2N2O. The van der Waals surface area contributed by atoms with Gasteiger partial charge in [-0.3, -0.25) is 4.79 Å². The highest BCUT2D eigenvalue weighted by Gasteiger charge is 2.26. The lowest BCUT2D eigenvalue weighted by Gasteiger charge is -2.34. The summed E-state index contributed by atoms with van der Waals surface area (Å²) in [4.78, 5) is 11.9. The minimum Gasteiger partial charge on any atom is -0.356 e. The molecule has 1 aliphatic rings. The van der Waals surface area contributed by atoms with Crippen LogP contribution in [0.2, 0.25) is 0 Å². The lowest BCUT2D eigenvalue weighted by molar-refractivity contribution is -0.121. The van der Waals surface area contributed by atoms with E-state index in [1.54, 1.807) is 0 Å². The highest BCUT2D eigenvalue weighted by molar-refractivity contribution is 5.76. The topological polar surface area (TPSA) is 41.1 Å². The van der Waals surface area contributed by atoms with Gasteiger partial charge in [0.1, 0.15) is 11.6 Å². The Balaban J connectivity index is 1.78. The predicted octanol–water partition coefficient (Wildman–Crippen LogP) is 2.40. The van der Waals surface area contributed by atoms with Crippen LogP contribution in [0, 0.1) is 17.0 Å². The Kier molecular flexibility index (Phi) is 5.28. The van der Waals surface area contributed by atoms with Crippen molar-refractivity contribution in [1.82, 2.24) is 10.6 Å². The highest BCUT2D eigenvalue weighted by Crippen LogP contribution is 2.26. The van der Waals surface area contributed by atoms with Crippen LogP contribution in [0.1, 0.15) is 31.7 Å². The number of carbonyl (C=O) groups is 1. The van der Waals surface area contributed by atoms with Gasteiger partial charge in [0, 0.05) is 13.0 Å². The first-order chi connectivity index (χ1) is 9.98. The fourth-order valence-corrected chi connectivity index (χ4v) is 2.59. The minimum absolute atomic E-state index is 0.113. The smallest absolute Gasteiger partial charge is 0.220 e. The normalized spacial score (nSPS) is 17.5. The Bertz CT molecular complexity index is 499. The van der Waals surface area contributed by atoms with E-state index < -0.39 is 11.6 Å². The number of halogens is 2. The molecule has 0 saturated carbocycles. The molecule has 0 spiro atoms. The third-order valence-electron chi connectivity index (χ3n) is 4.15. The summed E-state index contributed by atoms with van der Waals surface area (Å²) in [6.45, 7) is 4.75. The van der Waals surface area contributed by atoms with E-state index in [9.17, 15) is 13.6 Å². The van der Waals surface area contributed by atoms with Gasteiger partial charge in [-0.25, -0.2) is 8.78 Å². The molecule has 2 rings (SSSR count). The van der Waals surface area contributed by atoms with Crippen molar-refractivity contribution < 1.29 is 13.6 Å². The molecule has 1 aliphatic heterocycles. The van der Waals surface area contributed by atoms with Gasteiger partial charge in [-0.15, -0.1) is 0 Å². The first-order valence-electron chi connectivity index (χ1n) is 7.40. The standard InChI is InChI=1S/C16H22F2N2O/c1-16(6-8-19-9-7-16)11-20-15(21)5-2-12-10-13(17)3-4-14(12)18/h3-4,10,19H,2,5-9,11H2,1H3,(H,20,21). The van der Waals surface area contributed by atoms with E-state index in [4.69, 9.17) is 0 Å². The van der Waals surface area contributed by atoms with Crippen LogP contribution in [0.3, 0.4) is 0 Å². The van der Waals surface area contributed by atoms with Gasteiger partial charge in [-0.05, 0) is 61.5 Å². The first-order valence-corrected chi connectivity index (χ1v) is 7.40. The summed E-state index contributed by atoms with van der Waals surface area (Å²) in [5.41, 5.74) is 0.378. The number of benzene rings is 1. The van der Waals surface area contributed by atoms with Gasteiger partial charge in [-0.2, -0.15) is 0 Å². The Hall–Kier alpha value is -1.49. The van der Waals surface area contributed by atoms with Gasteiger partial charge >= 0.3 is 0 Å². The second-order valence-electron chi connectivity index (χ2n) is 6.07. The molecule has 0 atom stereocenters. The van der Waals surface area contributed by atoms with E-state index in [1.807, 2.05) is 0 Å². The third-order valence-corrected chi connectivity index (χ3v) is 4.15. The molecule has 1 fully saturated rings. The van der Waals surface area contributed by atoms with Crippen molar-refractivity contribution in [2.75, 3.05) is 19.6 Å². The number of nitrogens with one attached hydrogen (secondary N) is 2. The average molecular weight is 296 g/mol. The van der Waals surface area contributed by atoms with Crippen LogP contribution in [0.15, 0.2) is 18.2 Å². The predicted molar refractivity (Wildman–Crippen MR) is 77.9 cm³/mol. The van der Waals surface area contributed by atoms with Crippen molar-refractivity contribution in [2.45, 2.75) is 32.6 Å². The van der Waals surface area contributed by atoms with Gasteiger partial charge in [0.2, 0.25) is 5.91 Å². The molecule has 2 N–H and O–H groups in total. The van der Waals surface area contributed by atoms with E-state index in [0.717, 1.165) is 44.1 Å². The number of amides is 1. The third kappa shape index (κ3) is 4.77. The number of hydrogen-bond acceptors (Lipinski definition) is 2. The van der Waals surface area contributed by atoms with Crippen molar-refractivity contribution in [1.29, 1.82) is 0 Å². The zero-order valence-electron chi connectivity index (χ0n) is 12.3. The van der Waals surface area contributed by atoms with Gasteiger partial charge in [0.05, 0.1) is 0 Å². The summed E-state index contributed by atoms with van der Waals surface area (Å²) >= 11 is 0. The Morgan fingerprint density at radius 1 is 1.33 bits per heavy atom. The summed E-state index contributed by atoms with van der Waals surface area (Å²) in [6.07, 6.45) is 2.46. The fraction of sp³-hybridized carbons (Fsp3) is 0.562. The van der Waals surface area contributed by atoms with Gasteiger partial charge in [0.25, 0.3) is 0 Å². The molecule has 1 aromatic carbocycles. The fourth-order valence-electron chi connectivity index (χ4n) is 2.59. The monoisotopic (exact) mass is 296 g/mol. The van der Waals surface area contributed by atoms with E-state index in [2.05, 4.69) is 17.6 Å². The number of hydrogen-bond donors (Lipinski definition) is 2. The molecule has 0 aromatic heterocycles. The largest absolute Gasteiger partial charge is 0.356 e. The maximum atomic E-state index is 13.5. The van der Waals surface area contributed by atoms with Crippen LogP contribution in [-0.2, 0) is 11.2 Å². The molecular weight excluding hydrogens is 274 g/mol. The summed E-state index contributed by atoms with van der Waals surface area (Å²) < 4.78 is 26.5. The summed E-state index contributed by atoms with van der Waals surface area (Å²) in [7, 11) is 0. The summed E-state index contributed by atoms with van der Waals surface area (Å²) in [5, 5.41) is 6.21. The van der Waals surface area contributed by atoms with Crippen molar-refractivity contribution in [3.05, 3.63) is 35.4 Å². The van der Waals surface area contributed by atoms with Crippen LogP contribution in [-0.4, -0.2) is 25.5 Å². The lowest BCUT2D eigenvalue weighted by atomic mass is 9.81. The molecule has 3 nitrogen and oxygen atoms in total. The molecule has 1 aromatic rings. The number of rotatable bonds is 5. The van der Waals surface area contributed by atoms with Crippen molar-refractivity contribution >= 4 is 5.91 Å². The summed E-state index contributed by atoms with van der Waals surface area (Å²) in [5.74, 6) is -1.05. The van der Waals surface area contributed by atoms with E-state index >= 15 is 0 Å². The molecule has 21 heavy (non-hydrogen) atoms. The minimum atomic E-state index is -0.478. The Morgan fingerprint density at radius 3 is 2.76 bits per heavy atom. The maximum absolute atomic E-state index is 13.5. The summed E-state index contributed by atoms with van der Waals surface area (Å²) in [6, 6.07) is 3.33. The van der Waals surface area contributed by atoms with Gasteiger partial charge < -0.3 is 10.6 Å². The number of aryl methyl sites for hydroxylation is 1. The highest BCUT2D eigenvalue weighted by atomic mass is 19.1. The van der Waals surface area contributed by atoms with Gasteiger partial charge in [-0.1, -0.05) is 6.92 Å². The second-order valence-corrected chi connectivity index (χ2v) is 6.07. The molecule has 1 amide bonds. The van der Waals surface area contributed by atoms with Crippen LogP contribution in [0.25, 0.3) is 0 Å². The molecule has 0 radical (unpaired) electrons. The van der Waals surface area contributed by atoms with E-state index in [0.29, 0.717) is 6.54 Å². The maximum Gasteiger partial charge on any atom is 0.220 e. The quantitative estimate of drug-likeness (QED) is 0.876. The average Bonchev–Trinajstić information content (AvgIpc) is 2.47. The molecule has 116 valence electrons. The second kappa shape index (κ2) is 6.98. The Labute approximate surface area is 124 Å². The van der Waals surface area contributed by atoms with E-state index in [1.165, 1.54) is 0 Å². The molecule has 5 heteroatoms. The molecule has 0 bridgehead atoms. The van der Waals surface area contributed by atoms with Crippen molar-refractivity contribution in [3.8, 4) is 0 Å². The zero-order valence-corrected chi connectivity index (χ0v) is 12.3. The van der Waals surface area contributed by atoms with Crippen molar-refractivity contribution in [3.63, 3.8) is 0 Å². The van der Waals surface area contributed by atoms with E-state index in [-0.39, 0.29) is 29.7 Å². The van der Waals surface area contributed by atoms with Crippen LogP contribution >= 0.6 is 0 Å². The molecule has 1 heterocycles. The number of carbonyl (C=O) groups excluding carboxylic acids is 1. The first kappa shape index (κ1) is 15.9. The number of piperidine rings is 1. The SMILES string of the molecule is CC1(CNC(=O)CCc2cc(F)ccc2F)CCNCC1. The molecule has 1 saturated heterocycles. The van der Waals surface area contributed by atoms with Crippen LogP contribution < -0.4 is 10.6 Å². The lowest BCUT2D eigenvalue weighted by Crippen LogP contribution is -2.42. The molecule has 0 unspecified atom stereocenters. The molecule has 0 aliphatic carbocycles. The van der Waals surface area contributed by atoms with Crippen LogP contribution in [0.5, 0.6) is 0 Å². The van der Waals surface area contributed by atoms with Gasteiger partial charge in [0.15, 0.2) is 0 Å². The van der Waals surface area contributed by atoms with Crippen molar-refractivity contribution in [2.24, 2.45) is 5.41 Å². The van der Waals surface area contributed by atoms with Crippen LogP contribution in [0.4, 0.5) is 8.78 Å². The Morgan fingerprint density at radius 2 is 2.05 bits per heavy atom. The zero-order chi connectivity index (χ0) is 15.3.